The van der Waals surface area contributed by atoms with Crippen molar-refractivity contribution in [3.8, 4) is 0 Å². The lowest BCUT2D eigenvalue weighted by molar-refractivity contribution is 0.526. The first-order valence-electron chi connectivity index (χ1n) is 5.36. The van der Waals surface area contributed by atoms with Crippen molar-refractivity contribution in [2.75, 3.05) is 19.6 Å². The molecule has 2 unspecified atom stereocenters. The van der Waals surface area contributed by atoms with Crippen molar-refractivity contribution in [2.24, 2.45) is 17.6 Å². The largest absolute Gasteiger partial charge is 0.330 e. The molecular weight excluding hydrogens is 172 g/mol. The molecular formula is C12H16N2. The van der Waals surface area contributed by atoms with E-state index in [9.17, 15) is 0 Å². The number of piperidine rings is 1. The Morgan fingerprint density at radius 1 is 1.21 bits per heavy atom. The fourth-order valence-electron chi connectivity index (χ4n) is 3.24. The van der Waals surface area contributed by atoms with Gasteiger partial charge in [-0.2, -0.15) is 0 Å². The Balaban J connectivity index is 1.97. The van der Waals surface area contributed by atoms with Crippen LogP contribution in [0, 0.1) is 11.8 Å². The number of fused-ring (bicyclic) bond motifs is 1. The lowest BCUT2D eigenvalue weighted by Crippen LogP contribution is -2.31. The molecule has 0 spiro atoms. The zero-order chi connectivity index (χ0) is 9.60. The second-order valence-electron chi connectivity index (χ2n) is 4.48. The van der Waals surface area contributed by atoms with Crippen molar-refractivity contribution >= 4 is 0 Å². The Kier molecular flexibility index (Phi) is 1.70. The van der Waals surface area contributed by atoms with Gasteiger partial charge in [-0.3, -0.25) is 0 Å². The van der Waals surface area contributed by atoms with Crippen LogP contribution in [0.25, 0.3) is 0 Å². The normalized spacial score (nSPS) is 39.5. The average molecular weight is 188 g/mol. The first-order valence-corrected chi connectivity index (χ1v) is 5.36. The number of benzene rings is 1. The van der Waals surface area contributed by atoms with Crippen LogP contribution in [0.4, 0.5) is 0 Å². The molecule has 2 aliphatic rings. The number of nitrogens with two attached hydrogens (primary N) is 1. The van der Waals surface area contributed by atoms with Crippen molar-refractivity contribution < 1.29 is 0 Å². The molecule has 0 amide bonds. The summed E-state index contributed by atoms with van der Waals surface area (Å²) in [5.74, 6) is 1.57. The highest BCUT2D eigenvalue weighted by Gasteiger charge is 2.65. The van der Waals surface area contributed by atoms with Crippen LogP contribution in [0.3, 0.4) is 0 Å². The van der Waals surface area contributed by atoms with Crippen molar-refractivity contribution in [3.05, 3.63) is 35.9 Å². The van der Waals surface area contributed by atoms with Crippen molar-refractivity contribution in [3.63, 3.8) is 0 Å². The quantitative estimate of drug-likeness (QED) is 0.718. The SMILES string of the molecule is NCC1(c2ccccc2)C2CNCC21. The Morgan fingerprint density at radius 3 is 2.43 bits per heavy atom. The van der Waals surface area contributed by atoms with Crippen LogP contribution < -0.4 is 11.1 Å². The van der Waals surface area contributed by atoms with Gasteiger partial charge in [0.15, 0.2) is 0 Å². The summed E-state index contributed by atoms with van der Waals surface area (Å²) >= 11 is 0. The molecule has 3 rings (SSSR count). The first kappa shape index (κ1) is 8.45. The van der Waals surface area contributed by atoms with Crippen LogP contribution in [-0.4, -0.2) is 19.6 Å². The van der Waals surface area contributed by atoms with Gasteiger partial charge in [-0.1, -0.05) is 30.3 Å². The molecule has 1 saturated carbocycles. The minimum Gasteiger partial charge on any atom is -0.330 e. The lowest BCUT2D eigenvalue weighted by atomic mass is 9.90. The van der Waals surface area contributed by atoms with E-state index in [-0.39, 0.29) is 0 Å². The maximum absolute atomic E-state index is 5.96. The van der Waals surface area contributed by atoms with Crippen LogP contribution in [-0.2, 0) is 5.41 Å². The Bertz CT molecular complexity index is 323. The molecule has 1 aromatic rings. The van der Waals surface area contributed by atoms with Crippen LogP contribution in [0.2, 0.25) is 0 Å². The molecule has 74 valence electrons. The lowest BCUT2D eigenvalue weighted by Gasteiger charge is -2.19. The van der Waals surface area contributed by atoms with E-state index < -0.39 is 0 Å². The summed E-state index contributed by atoms with van der Waals surface area (Å²) in [7, 11) is 0. The molecule has 14 heavy (non-hydrogen) atoms. The minimum atomic E-state index is 0.312. The topological polar surface area (TPSA) is 38.0 Å². The summed E-state index contributed by atoms with van der Waals surface area (Å²) < 4.78 is 0. The summed E-state index contributed by atoms with van der Waals surface area (Å²) in [6.07, 6.45) is 0. The summed E-state index contributed by atoms with van der Waals surface area (Å²) in [5, 5.41) is 3.43. The number of hydrogen-bond donors (Lipinski definition) is 2. The van der Waals surface area contributed by atoms with Crippen LogP contribution in [0.5, 0.6) is 0 Å². The Hall–Kier alpha value is -0.860. The van der Waals surface area contributed by atoms with E-state index in [1.165, 1.54) is 5.56 Å². The Labute approximate surface area is 84.5 Å². The third-order valence-electron chi connectivity index (χ3n) is 4.08. The van der Waals surface area contributed by atoms with Gasteiger partial charge >= 0.3 is 0 Å². The molecule has 1 aliphatic carbocycles. The van der Waals surface area contributed by atoms with Gasteiger partial charge < -0.3 is 11.1 Å². The Morgan fingerprint density at radius 2 is 1.86 bits per heavy atom. The van der Waals surface area contributed by atoms with Gasteiger partial charge in [0.25, 0.3) is 0 Å². The molecule has 0 radical (unpaired) electrons. The predicted molar refractivity (Wildman–Crippen MR) is 57.0 cm³/mol. The fraction of sp³-hybridized carbons (Fsp3) is 0.500. The maximum Gasteiger partial charge on any atom is 0.0163 e. The molecule has 1 aliphatic heterocycles. The molecule has 2 nitrogen and oxygen atoms in total. The van der Waals surface area contributed by atoms with Crippen LogP contribution >= 0.6 is 0 Å². The third kappa shape index (κ3) is 0.877. The second kappa shape index (κ2) is 2.81. The standard InChI is InChI=1S/C12H16N2/c13-8-12(9-4-2-1-3-5-9)10-6-14-7-11(10)12/h1-5,10-11,14H,6-8,13H2. The van der Waals surface area contributed by atoms with E-state index in [2.05, 4.69) is 35.6 Å². The molecule has 2 fully saturated rings. The molecule has 0 aromatic heterocycles. The number of nitrogens with one attached hydrogen (secondary N) is 1. The molecule has 0 bridgehead atoms. The van der Waals surface area contributed by atoms with E-state index in [4.69, 9.17) is 5.73 Å². The summed E-state index contributed by atoms with van der Waals surface area (Å²) in [4.78, 5) is 0. The van der Waals surface area contributed by atoms with Gasteiger partial charge in [-0.15, -0.1) is 0 Å². The third-order valence-corrected chi connectivity index (χ3v) is 4.08. The predicted octanol–water partition coefficient (Wildman–Crippen LogP) is 0.732. The number of rotatable bonds is 2. The van der Waals surface area contributed by atoms with Gasteiger partial charge in [-0.05, 0) is 30.5 Å². The van der Waals surface area contributed by atoms with Crippen LogP contribution in [0.1, 0.15) is 5.56 Å². The fourth-order valence-corrected chi connectivity index (χ4v) is 3.24. The van der Waals surface area contributed by atoms with Crippen molar-refractivity contribution in [2.45, 2.75) is 5.41 Å². The second-order valence-corrected chi connectivity index (χ2v) is 4.48. The minimum absolute atomic E-state index is 0.312. The van der Waals surface area contributed by atoms with E-state index in [0.29, 0.717) is 5.41 Å². The monoisotopic (exact) mass is 188 g/mol. The number of hydrogen-bond acceptors (Lipinski definition) is 2. The van der Waals surface area contributed by atoms with Crippen molar-refractivity contribution in [1.29, 1.82) is 0 Å². The highest BCUT2D eigenvalue weighted by atomic mass is 15.0. The molecule has 1 heterocycles. The zero-order valence-electron chi connectivity index (χ0n) is 8.24. The first-order chi connectivity index (χ1) is 6.89. The molecule has 1 aromatic carbocycles. The molecule has 2 atom stereocenters. The summed E-state index contributed by atoms with van der Waals surface area (Å²) in [5.41, 5.74) is 7.72. The smallest absolute Gasteiger partial charge is 0.0163 e. The van der Waals surface area contributed by atoms with Crippen LogP contribution in [0.15, 0.2) is 30.3 Å². The molecule has 2 heteroatoms. The summed E-state index contributed by atoms with van der Waals surface area (Å²) in [6.45, 7) is 3.10. The molecule has 1 saturated heterocycles. The van der Waals surface area contributed by atoms with E-state index in [0.717, 1.165) is 31.5 Å². The van der Waals surface area contributed by atoms with Gasteiger partial charge in [0.1, 0.15) is 0 Å². The summed E-state index contributed by atoms with van der Waals surface area (Å²) in [6, 6.07) is 10.8. The maximum atomic E-state index is 5.96. The van der Waals surface area contributed by atoms with Gasteiger partial charge in [0.05, 0.1) is 0 Å². The highest BCUT2D eigenvalue weighted by molar-refractivity contribution is 5.39. The highest BCUT2D eigenvalue weighted by Crippen LogP contribution is 2.60. The van der Waals surface area contributed by atoms with E-state index in [1.54, 1.807) is 0 Å². The van der Waals surface area contributed by atoms with Gasteiger partial charge in [-0.25, -0.2) is 0 Å². The molecule has 3 N–H and O–H groups in total. The average Bonchev–Trinajstić information content (AvgIpc) is 2.62. The van der Waals surface area contributed by atoms with E-state index >= 15 is 0 Å². The van der Waals surface area contributed by atoms with E-state index in [1.807, 2.05) is 0 Å². The van der Waals surface area contributed by atoms with Gasteiger partial charge in [0, 0.05) is 12.0 Å². The zero-order valence-corrected chi connectivity index (χ0v) is 8.24. The van der Waals surface area contributed by atoms with Crippen molar-refractivity contribution in [1.82, 2.24) is 5.32 Å². The van der Waals surface area contributed by atoms with Gasteiger partial charge in [0.2, 0.25) is 0 Å².